The fourth-order valence-corrected chi connectivity index (χ4v) is 1.05. The van der Waals surface area contributed by atoms with Gasteiger partial charge in [-0.15, -0.1) is 0 Å². The fraction of sp³-hybridized carbons (Fsp3) is 1.00. The third-order valence-electron chi connectivity index (χ3n) is 1.73. The van der Waals surface area contributed by atoms with Crippen molar-refractivity contribution in [3.63, 3.8) is 0 Å². The molecule has 1 N–H and O–H groups in total. The molecule has 2 atom stereocenters. The van der Waals surface area contributed by atoms with Crippen LogP contribution in [0.2, 0.25) is 0 Å². The molecule has 0 aliphatic carbocycles. The van der Waals surface area contributed by atoms with E-state index in [1.807, 2.05) is 6.92 Å². The molecule has 1 fully saturated rings. The second-order valence-corrected chi connectivity index (χ2v) is 2.80. The van der Waals surface area contributed by atoms with Gasteiger partial charge in [0.05, 0.1) is 12.2 Å². The highest BCUT2D eigenvalue weighted by Gasteiger charge is 2.32. The maximum absolute atomic E-state index is 8.76. The number of aliphatic hydroxyl groups excluding tert-OH is 1. The van der Waals surface area contributed by atoms with Gasteiger partial charge in [-0.2, -0.15) is 0 Å². The highest BCUT2D eigenvalue weighted by atomic mass is 16.5. The predicted octanol–water partition coefficient (Wildman–Crippen LogP) is 0.0424. The second-order valence-electron chi connectivity index (χ2n) is 2.80. The highest BCUT2D eigenvalue weighted by Crippen LogP contribution is 2.27. The summed E-state index contributed by atoms with van der Waals surface area (Å²) in [6, 6.07) is -0.165. The third kappa shape index (κ3) is 1.46. The van der Waals surface area contributed by atoms with E-state index in [9.17, 15) is 0 Å². The van der Waals surface area contributed by atoms with Crippen molar-refractivity contribution in [3.05, 3.63) is 0 Å². The third-order valence-corrected chi connectivity index (χ3v) is 1.73. The molecule has 1 saturated heterocycles. The van der Waals surface area contributed by atoms with Gasteiger partial charge in [0.2, 0.25) is 0 Å². The lowest BCUT2D eigenvalue weighted by Crippen LogP contribution is -2.29. The number of aliphatic hydroxyl groups is 1. The molecule has 2 nitrogen and oxygen atoms in total. The van der Waals surface area contributed by atoms with Crippen LogP contribution in [0.1, 0.15) is 19.8 Å². The van der Waals surface area contributed by atoms with Crippen LogP contribution in [-0.2, 0) is 4.74 Å². The molecular formula is C6H11BO2. The summed E-state index contributed by atoms with van der Waals surface area (Å²) in [5, 5.41) is 8.76. The largest absolute Gasteiger partial charge is 0.393 e. The quantitative estimate of drug-likeness (QED) is 0.502. The van der Waals surface area contributed by atoms with E-state index in [1.165, 1.54) is 0 Å². The first kappa shape index (κ1) is 7.10. The minimum Gasteiger partial charge on any atom is -0.393 e. The van der Waals surface area contributed by atoms with Crippen LogP contribution in [0.4, 0.5) is 0 Å². The summed E-state index contributed by atoms with van der Waals surface area (Å²) in [4.78, 5) is 0. The lowest BCUT2D eigenvalue weighted by atomic mass is 9.96. The average Bonchev–Trinajstić information content (AvgIpc) is 2.13. The standard InChI is InChI=1S/C6H11BO2/c1-6(4-8)3-2-5(7)9-6/h5,8H,2-4H2,1H3. The lowest BCUT2D eigenvalue weighted by molar-refractivity contribution is -0.0365. The zero-order valence-corrected chi connectivity index (χ0v) is 5.63. The molecule has 1 rings (SSSR count). The Morgan fingerprint density at radius 1 is 1.89 bits per heavy atom. The summed E-state index contributed by atoms with van der Waals surface area (Å²) in [6.07, 6.45) is 1.72. The number of hydrogen-bond donors (Lipinski definition) is 1. The van der Waals surface area contributed by atoms with Gasteiger partial charge < -0.3 is 9.84 Å². The Bertz CT molecular complexity index is 107. The molecule has 50 valence electrons. The van der Waals surface area contributed by atoms with E-state index in [-0.39, 0.29) is 18.2 Å². The summed E-state index contributed by atoms with van der Waals surface area (Å²) < 4.78 is 5.23. The molecule has 2 unspecified atom stereocenters. The van der Waals surface area contributed by atoms with Gasteiger partial charge in [0.25, 0.3) is 0 Å². The van der Waals surface area contributed by atoms with E-state index in [0.717, 1.165) is 12.8 Å². The molecule has 0 aromatic heterocycles. The molecule has 0 aromatic carbocycles. The predicted molar refractivity (Wildman–Crippen MR) is 35.4 cm³/mol. The van der Waals surface area contributed by atoms with Crippen LogP contribution < -0.4 is 0 Å². The van der Waals surface area contributed by atoms with Gasteiger partial charge in [0, 0.05) is 6.00 Å². The normalized spacial score (nSPS) is 43.6. The Morgan fingerprint density at radius 3 is 2.78 bits per heavy atom. The molecular weight excluding hydrogens is 115 g/mol. The van der Waals surface area contributed by atoms with Gasteiger partial charge in [0.1, 0.15) is 7.85 Å². The Hall–Kier alpha value is -0.0151. The zero-order valence-electron chi connectivity index (χ0n) is 5.63. The molecule has 1 aliphatic rings. The van der Waals surface area contributed by atoms with Crippen LogP contribution in [0.25, 0.3) is 0 Å². The molecule has 2 radical (unpaired) electrons. The smallest absolute Gasteiger partial charge is 0.109 e. The fourth-order valence-electron chi connectivity index (χ4n) is 1.05. The van der Waals surface area contributed by atoms with Gasteiger partial charge in [0.15, 0.2) is 0 Å². The molecule has 0 spiro atoms. The van der Waals surface area contributed by atoms with E-state index in [1.54, 1.807) is 0 Å². The van der Waals surface area contributed by atoms with Gasteiger partial charge in [-0.05, 0) is 19.8 Å². The molecule has 0 saturated carbocycles. The first-order chi connectivity index (χ1) is 4.16. The van der Waals surface area contributed by atoms with Crippen molar-refractivity contribution in [2.45, 2.75) is 31.4 Å². The van der Waals surface area contributed by atoms with Gasteiger partial charge in [-0.3, -0.25) is 0 Å². The molecule has 0 bridgehead atoms. The van der Waals surface area contributed by atoms with Crippen LogP contribution in [0, 0.1) is 0 Å². The van der Waals surface area contributed by atoms with E-state index in [4.69, 9.17) is 17.7 Å². The first-order valence-electron chi connectivity index (χ1n) is 3.20. The molecule has 1 aliphatic heterocycles. The second kappa shape index (κ2) is 2.31. The van der Waals surface area contributed by atoms with Crippen molar-refractivity contribution in [1.82, 2.24) is 0 Å². The maximum Gasteiger partial charge on any atom is 0.109 e. The van der Waals surface area contributed by atoms with Crippen LogP contribution in [0.5, 0.6) is 0 Å². The monoisotopic (exact) mass is 126 g/mol. The van der Waals surface area contributed by atoms with E-state index in [2.05, 4.69) is 0 Å². The molecule has 3 heteroatoms. The highest BCUT2D eigenvalue weighted by molar-refractivity contribution is 6.11. The molecule has 0 aromatic rings. The Kier molecular flexibility index (Phi) is 1.82. The zero-order chi connectivity index (χ0) is 6.91. The topological polar surface area (TPSA) is 29.5 Å². The lowest BCUT2D eigenvalue weighted by Gasteiger charge is -2.20. The van der Waals surface area contributed by atoms with Gasteiger partial charge in [-0.25, -0.2) is 0 Å². The molecule has 1 heterocycles. The van der Waals surface area contributed by atoms with Crippen LogP contribution in [0.15, 0.2) is 0 Å². The maximum atomic E-state index is 8.76. The van der Waals surface area contributed by atoms with E-state index < -0.39 is 0 Å². The Labute approximate surface area is 56.6 Å². The van der Waals surface area contributed by atoms with Crippen molar-refractivity contribution in [2.24, 2.45) is 0 Å². The SMILES string of the molecule is [B]C1CCC(C)(CO)O1. The average molecular weight is 126 g/mol. The van der Waals surface area contributed by atoms with Crippen LogP contribution >= 0.6 is 0 Å². The Balaban J connectivity index is 2.45. The van der Waals surface area contributed by atoms with Crippen molar-refractivity contribution in [2.75, 3.05) is 6.61 Å². The Morgan fingerprint density at radius 2 is 2.56 bits per heavy atom. The minimum absolute atomic E-state index is 0.0701. The van der Waals surface area contributed by atoms with Crippen molar-refractivity contribution >= 4 is 7.85 Å². The van der Waals surface area contributed by atoms with Crippen LogP contribution in [0.3, 0.4) is 0 Å². The molecule has 0 amide bonds. The summed E-state index contributed by atoms with van der Waals surface area (Å²) in [7, 11) is 5.45. The number of hydrogen-bond acceptors (Lipinski definition) is 2. The van der Waals surface area contributed by atoms with Gasteiger partial charge >= 0.3 is 0 Å². The van der Waals surface area contributed by atoms with Crippen molar-refractivity contribution < 1.29 is 9.84 Å². The number of rotatable bonds is 1. The summed E-state index contributed by atoms with van der Waals surface area (Å²) in [5.74, 6) is 0. The number of ether oxygens (including phenoxy) is 1. The molecule has 9 heavy (non-hydrogen) atoms. The van der Waals surface area contributed by atoms with Crippen molar-refractivity contribution in [3.8, 4) is 0 Å². The minimum atomic E-state index is -0.362. The van der Waals surface area contributed by atoms with Crippen molar-refractivity contribution in [1.29, 1.82) is 0 Å². The summed E-state index contributed by atoms with van der Waals surface area (Å²) in [5.41, 5.74) is -0.362. The summed E-state index contributed by atoms with van der Waals surface area (Å²) >= 11 is 0. The first-order valence-corrected chi connectivity index (χ1v) is 3.20. The van der Waals surface area contributed by atoms with E-state index >= 15 is 0 Å². The van der Waals surface area contributed by atoms with E-state index in [0.29, 0.717) is 0 Å². The van der Waals surface area contributed by atoms with Crippen LogP contribution in [-0.4, -0.2) is 31.2 Å². The van der Waals surface area contributed by atoms with Gasteiger partial charge in [-0.1, -0.05) is 0 Å². The summed E-state index contributed by atoms with van der Waals surface area (Å²) in [6.45, 7) is 1.94.